The number of aromatic hydroxyl groups is 1. The van der Waals surface area contributed by atoms with Crippen LogP contribution in [-0.2, 0) is 16.1 Å². The molecule has 4 rings (SSSR count). The molecule has 1 spiro atoms. The van der Waals surface area contributed by atoms with Crippen molar-refractivity contribution in [1.29, 1.82) is 0 Å². The number of hydrogen-bond acceptors (Lipinski definition) is 5. The van der Waals surface area contributed by atoms with E-state index in [1.807, 2.05) is 19.3 Å². The monoisotopic (exact) mass is 368 g/mol. The quantitative estimate of drug-likeness (QED) is 0.898. The molecule has 2 aliphatic heterocycles. The number of aryl methyl sites for hydroxylation is 1. The van der Waals surface area contributed by atoms with E-state index in [0.717, 1.165) is 24.0 Å². The lowest BCUT2D eigenvalue weighted by molar-refractivity contribution is -0.188. The van der Waals surface area contributed by atoms with Gasteiger partial charge >= 0.3 is 0 Å². The van der Waals surface area contributed by atoms with Crippen LogP contribution in [0.4, 0.5) is 0 Å². The molecular weight excluding hydrogens is 344 g/mol. The second kappa shape index (κ2) is 7.29. The fourth-order valence-corrected chi connectivity index (χ4v) is 3.87. The topological polar surface area (TPSA) is 71.9 Å². The van der Waals surface area contributed by atoms with Gasteiger partial charge < -0.3 is 19.5 Å². The minimum absolute atomic E-state index is 0.0750. The number of hydrogen-bond donors (Lipinski definition) is 1. The number of nitrogens with zero attached hydrogens (tertiary/aromatic N) is 2. The van der Waals surface area contributed by atoms with Crippen molar-refractivity contribution < 1.29 is 19.4 Å². The van der Waals surface area contributed by atoms with Crippen molar-refractivity contribution in [3.05, 3.63) is 59.4 Å². The number of benzene rings is 1. The Hall–Kier alpha value is -2.44. The van der Waals surface area contributed by atoms with Crippen LogP contribution >= 0.6 is 0 Å². The largest absolute Gasteiger partial charge is 0.508 e. The molecule has 142 valence electrons. The number of phenolic OH excluding ortho intramolecular Hbond substituents is 1. The van der Waals surface area contributed by atoms with E-state index in [1.165, 1.54) is 6.07 Å². The Balaban J connectivity index is 1.32. The summed E-state index contributed by atoms with van der Waals surface area (Å²) in [6, 6.07) is 8.54. The molecule has 1 aromatic carbocycles. The molecule has 0 aliphatic carbocycles. The highest BCUT2D eigenvalue weighted by Gasteiger charge is 2.49. The van der Waals surface area contributed by atoms with Crippen LogP contribution in [0, 0.1) is 6.92 Å². The molecule has 27 heavy (non-hydrogen) atoms. The van der Waals surface area contributed by atoms with Gasteiger partial charge in [0, 0.05) is 31.0 Å². The maximum Gasteiger partial charge on any atom is 0.254 e. The molecule has 2 fully saturated rings. The Morgan fingerprint density at radius 3 is 3.00 bits per heavy atom. The molecule has 1 N–H and O–H groups in total. The van der Waals surface area contributed by atoms with E-state index in [-0.39, 0.29) is 23.4 Å². The summed E-state index contributed by atoms with van der Waals surface area (Å²) in [6.07, 6.45) is 5.44. The fourth-order valence-electron chi connectivity index (χ4n) is 3.87. The number of amides is 1. The molecule has 1 unspecified atom stereocenters. The summed E-state index contributed by atoms with van der Waals surface area (Å²) in [5, 5.41) is 9.57. The molecule has 2 aliphatic rings. The van der Waals surface area contributed by atoms with E-state index in [0.29, 0.717) is 31.9 Å². The van der Waals surface area contributed by atoms with Crippen molar-refractivity contribution in [3.8, 4) is 5.75 Å². The van der Waals surface area contributed by atoms with Gasteiger partial charge in [0.25, 0.3) is 5.91 Å². The second-order valence-electron chi connectivity index (χ2n) is 7.54. The Labute approximate surface area is 158 Å². The predicted octanol–water partition coefficient (Wildman–Crippen LogP) is 2.69. The summed E-state index contributed by atoms with van der Waals surface area (Å²) < 4.78 is 12.1. The third kappa shape index (κ3) is 3.96. The molecule has 3 heterocycles. The van der Waals surface area contributed by atoms with E-state index < -0.39 is 0 Å². The maximum atomic E-state index is 12.6. The number of phenols is 1. The van der Waals surface area contributed by atoms with Crippen molar-refractivity contribution in [2.24, 2.45) is 0 Å². The molecule has 6 nitrogen and oxygen atoms in total. The van der Waals surface area contributed by atoms with Crippen LogP contribution in [0.1, 0.15) is 34.3 Å². The Kier molecular flexibility index (Phi) is 4.85. The average Bonchev–Trinajstić information content (AvgIpc) is 2.64. The maximum absolute atomic E-state index is 12.6. The van der Waals surface area contributed by atoms with Gasteiger partial charge in [-0.05, 0) is 42.7 Å². The summed E-state index contributed by atoms with van der Waals surface area (Å²) in [5.41, 5.74) is 2.39. The molecule has 1 aromatic heterocycles. The van der Waals surface area contributed by atoms with Crippen LogP contribution in [0.2, 0.25) is 0 Å². The Bertz CT molecular complexity index is 832. The number of ether oxygens (including phenoxy) is 2. The molecule has 0 radical (unpaired) electrons. The number of likely N-dealkylation sites (tertiary alicyclic amines) is 1. The van der Waals surface area contributed by atoms with E-state index >= 15 is 0 Å². The van der Waals surface area contributed by atoms with Crippen molar-refractivity contribution in [1.82, 2.24) is 9.88 Å². The zero-order chi connectivity index (χ0) is 18.9. The Morgan fingerprint density at radius 1 is 1.37 bits per heavy atom. The van der Waals surface area contributed by atoms with Gasteiger partial charge in [-0.15, -0.1) is 0 Å². The van der Waals surface area contributed by atoms with Crippen LogP contribution < -0.4 is 0 Å². The third-order valence-corrected chi connectivity index (χ3v) is 5.20. The zero-order valence-electron chi connectivity index (χ0n) is 15.4. The van der Waals surface area contributed by atoms with Gasteiger partial charge in [-0.2, -0.15) is 0 Å². The van der Waals surface area contributed by atoms with E-state index in [9.17, 15) is 9.90 Å². The highest BCUT2D eigenvalue weighted by Crippen LogP contribution is 2.36. The first-order chi connectivity index (χ1) is 13.0. The minimum Gasteiger partial charge on any atom is -0.508 e. The van der Waals surface area contributed by atoms with Crippen LogP contribution in [0.15, 0.2) is 42.7 Å². The van der Waals surface area contributed by atoms with Gasteiger partial charge in [0.2, 0.25) is 0 Å². The molecule has 0 bridgehead atoms. The summed E-state index contributed by atoms with van der Waals surface area (Å²) in [4.78, 5) is 18.5. The molecule has 0 saturated carbocycles. The average molecular weight is 368 g/mol. The first-order valence-electron chi connectivity index (χ1n) is 9.27. The van der Waals surface area contributed by atoms with Gasteiger partial charge in [-0.3, -0.25) is 9.78 Å². The summed E-state index contributed by atoms with van der Waals surface area (Å²) in [6.45, 7) is 4.33. The highest BCUT2D eigenvalue weighted by atomic mass is 16.5. The van der Waals surface area contributed by atoms with Gasteiger partial charge in [0.05, 0.1) is 25.8 Å². The molecular formula is C21H24N2O4. The van der Waals surface area contributed by atoms with E-state index in [4.69, 9.17) is 9.47 Å². The number of pyridine rings is 1. The van der Waals surface area contributed by atoms with Crippen molar-refractivity contribution in [2.45, 2.75) is 38.1 Å². The standard InChI is InChI=1S/C21H24N2O4/c1-15-7-16(11-22-10-15)12-26-19-5-6-27-21(9-19)13-23(14-21)20(25)17-3-2-4-18(24)8-17/h2-4,7-8,10-11,19,24H,5-6,9,12-14H2,1H3. The SMILES string of the molecule is Cc1cncc(COC2CCOC3(C2)CN(C(=O)c2cccc(O)c2)C3)c1. The van der Waals surface area contributed by atoms with Gasteiger partial charge in [0.15, 0.2) is 0 Å². The van der Waals surface area contributed by atoms with Gasteiger partial charge in [0.1, 0.15) is 11.4 Å². The smallest absolute Gasteiger partial charge is 0.254 e. The van der Waals surface area contributed by atoms with Crippen molar-refractivity contribution in [3.63, 3.8) is 0 Å². The highest BCUT2D eigenvalue weighted by molar-refractivity contribution is 5.95. The summed E-state index contributed by atoms with van der Waals surface area (Å²) in [7, 11) is 0. The zero-order valence-corrected chi connectivity index (χ0v) is 15.4. The van der Waals surface area contributed by atoms with Crippen molar-refractivity contribution >= 4 is 5.91 Å². The van der Waals surface area contributed by atoms with Crippen LogP contribution in [0.5, 0.6) is 5.75 Å². The second-order valence-corrected chi connectivity index (χ2v) is 7.54. The van der Waals surface area contributed by atoms with Crippen LogP contribution in [0.25, 0.3) is 0 Å². The van der Waals surface area contributed by atoms with E-state index in [2.05, 4.69) is 11.1 Å². The molecule has 6 heteroatoms. The van der Waals surface area contributed by atoms with Gasteiger partial charge in [-0.1, -0.05) is 12.1 Å². The molecule has 2 aromatic rings. The summed E-state index contributed by atoms with van der Waals surface area (Å²) >= 11 is 0. The number of rotatable bonds is 4. The van der Waals surface area contributed by atoms with Crippen LogP contribution in [0.3, 0.4) is 0 Å². The lowest BCUT2D eigenvalue weighted by atomic mass is 9.84. The predicted molar refractivity (Wildman–Crippen MR) is 99.5 cm³/mol. The first kappa shape index (κ1) is 17.9. The van der Waals surface area contributed by atoms with Gasteiger partial charge in [-0.25, -0.2) is 0 Å². The number of carbonyl (C=O) groups is 1. The number of aromatic nitrogens is 1. The Morgan fingerprint density at radius 2 is 2.22 bits per heavy atom. The van der Waals surface area contributed by atoms with Crippen LogP contribution in [-0.4, -0.2) is 52.3 Å². The minimum atomic E-state index is -0.305. The normalized spacial score (nSPS) is 21.1. The summed E-state index contributed by atoms with van der Waals surface area (Å²) in [5.74, 6) is 0.0260. The lowest BCUT2D eigenvalue weighted by Gasteiger charge is -2.53. The first-order valence-corrected chi connectivity index (χ1v) is 9.27. The lowest BCUT2D eigenvalue weighted by Crippen LogP contribution is -2.67. The van der Waals surface area contributed by atoms with Crippen molar-refractivity contribution in [2.75, 3.05) is 19.7 Å². The molecule has 1 atom stereocenters. The van der Waals surface area contributed by atoms with E-state index in [1.54, 1.807) is 23.1 Å². The number of carbonyl (C=O) groups excluding carboxylic acids is 1. The molecule has 1 amide bonds. The third-order valence-electron chi connectivity index (χ3n) is 5.20. The molecule has 2 saturated heterocycles. The fraction of sp³-hybridized carbons (Fsp3) is 0.429.